The van der Waals surface area contributed by atoms with Crippen LogP contribution in [0.5, 0.6) is 0 Å². The maximum atomic E-state index is 9.04. The number of aromatic nitrogens is 1. The number of nitrogens with zero attached hydrogens (tertiary/aromatic N) is 2. The summed E-state index contributed by atoms with van der Waals surface area (Å²) in [5.74, 6) is 0. The van der Waals surface area contributed by atoms with Gasteiger partial charge in [-0.3, -0.25) is 4.98 Å². The first kappa shape index (κ1) is 10.7. The molecule has 1 aliphatic carbocycles. The van der Waals surface area contributed by atoms with Crippen LogP contribution in [-0.2, 0) is 0 Å². The number of nitrogen functional groups attached to an aromatic ring is 1. The number of hydrogen-bond acceptors (Lipinski definition) is 4. The van der Waals surface area contributed by atoms with Crippen LogP contribution in [0.15, 0.2) is 16.9 Å². The van der Waals surface area contributed by atoms with Crippen LogP contribution in [0, 0.1) is 0 Å². The van der Waals surface area contributed by atoms with Gasteiger partial charge in [-0.2, -0.15) is 0 Å². The summed E-state index contributed by atoms with van der Waals surface area (Å²) >= 11 is 3.45. The van der Waals surface area contributed by atoms with Crippen LogP contribution >= 0.6 is 15.9 Å². The average Bonchev–Trinajstić information content (AvgIpc) is 2.99. The van der Waals surface area contributed by atoms with Crippen LogP contribution in [0.3, 0.4) is 0 Å². The van der Waals surface area contributed by atoms with E-state index < -0.39 is 0 Å². The predicted molar refractivity (Wildman–Crippen MR) is 63.8 cm³/mol. The van der Waals surface area contributed by atoms with E-state index in [4.69, 9.17) is 10.8 Å². The Bertz CT molecular complexity index is 334. The van der Waals surface area contributed by atoms with Crippen LogP contribution in [0.4, 0.5) is 11.4 Å². The monoisotopic (exact) mass is 271 g/mol. The fourth-order valence-corrected chi connectivity index (χ4v) is 2.29. The van der Waals surface area contributed by atoms with E-state index in [1.54, 1.807) is 12.4 Å². The summed E-state index contributed by atoms with van der Waals surface area (Å²) in [6.07, 6.45) is 5.73. The topological polar surface area (TPSA) is 62.4 Å². The molecule has 1 aromatic rings. The summed E-state index contributed by atoms with van der Waals surface area (Å²) in [6.45, 7) is 0.766. The number of hydrogen-bond donors (Lipinski definition) is 2. The highest BCUT2D eigenvalue weighted by atomic mass is 79.9. The molecule has 3 N–H and O–H groups in total. The standard InChI is InChI=1S/C10H14BrN3O/c11-8-5-13-6-9(12)10(8)14(3-4-15)7-1-2-7/h5-7,15H,1-4,12H2. The number of rotatable bonds is 4. The Hall–Kier alpha value is -0.810. The van der Waals surface area contributed by atoms with Crippen LogP contribution < -0.4 is 10.6 Å². The minimum atomic E-state index is 0.144. The normalized spacial score (nSPS) is 15.3. The van der Waals surface area contributed by atoms with Crippen LogP contribution in [-0.4, -0.2) is 29.3 Å². The average molecular weight is 272 g/mol. The van der Waals surface area contributed by atoms with Crippen molar-refractivity contribution in [3.05, 3.63) is 16.9 Å². The largest absolute Gasteiger partial charge is 0.396 e. The third-order valence-corrected chi connectivity index (χ3v) is 3.10. The second-order valence-electron chi connectivity index (χ2n) is 3.71. The van der Waals surface area contributed by atoms with Gasteiger partial charge in [-0.1, -0.05) is 0 Å². The van der Waals surface area contributed by atoms with Gasteiger partial charge in [0.05, 0.1) is 28.7 Å². The van der Waals surface area contributed by atoms with Crippen molar-refractivity contribution in [3.63, 3.8) is 0 Å². The van der Waals surface area contributed by atoms with Gasteiger partial charge in [-0.25, -0.2) is 0 Å². The lowest BCUT2D eigenvalue weighted by atomic mass is 10.3. The maximum absolute atomic E-state index is 9.04. The molecule has 0 saturated heterocycles. The Morgan fingerprint density at radius 1 is 1.53 bits per heavy atom. The van der Waals surface area contributed by atoms with E-state index in [-0.39, 0.29) is 6.61 Å². The van der Waals surface area contributed by atoms with Gasteiger partial charge in [-0.05, 0) is 28.8 Å². The quantitative estimate of drug-likeness (QED) is 0.869. The molecule has 0 atom stereocenters. The van der Waals surface area contributed by atoms with E-state index in [0.717, 1.165) is 10.2 Å². The van der Waals surface area contributed by atoms with Crippen LogP contribution in [0.1, 0.15) is 12.8 Å². The summed E-state index contributed by atoms with van der Waals surface area (Å²) in [5, 5.41) is 9.04. The number of anilines is 2. The Morgan fingerprint density at radius 3 is 2.80 bits per heavy atom. The van der Waals surface area contributed by atoms with Crippen molar-refractivity contribution >= 4 is 27.3 Å². The van der Waals surface area contributed by atoms with Gasteiger partial charge in [-0.15, -0.1) is 0 Å². The van der Waals surface area contributed by atoms with Crippen molar-refractivity contribution in [2.24, 2.45) is 0 Å². The molecule has 2 rings (SSSR count). The molecule has 0 bridgehead atoms. The number of aliphatic hydroxyl groups excluding tert-OH is 1. The molecule has 1 aliphatic rings. The molecule has 0 spiro atoms. The highest BCUT2D eigenvalue weighted by molar-refractivity contribution is 9.10. The van der Waals surface area contributed by atoms with Gasteiger partial charge in [0.15, 0.2) is 0 Å². The Morgan fingerprint density at radius 2 is 2.27 bits per heavy atom. The van der Waals surface area contributed by atoms with E-state index in [1.165, 1.54) is 12.8 Å². The molecule has 0 aliphatic heterocycles. The highest BCUT2D eigenvalue weighted by Gasteiger charge is 2.30. The molecule has 1 aromatic heterocycles. The van der Waals surface area contributed by atoms with Gasteiger partial charge in [0.1, 0.15) is 0 Å². The van der Waals surface area contributed by atoms with Gasteiger partial charge >= 0.3 is 0 Å². The first-order chi connectivity index (χ1) is 7.24. The maximum Gasteiger partial charge on any atom is 0.0779 e. The van der Waals surface area contributed by atoms with Crippen molar-refractivity contribution in [3.8, 4) is 0 Å². The molecular weight excluding hydrogens is 258 g/mol. The summed E-state index contributed by atoms with van der Waals surface area (Å²) in [7, 11) is 0. The van der Waals surface area contributed by atoms with Gasteiger partial charge in [0, 0.05) is 18.8 Å². The van der Waals surface area contributed by atoms with Crippen LogP contribution in [0.2, 0.25) is 0 Å². The molecule has 1 saturated carbocycles. The molecule has 0 unspecified atom stereocenters. The fraction of sp³-hybridized carbons (Fsp3) is 0.500. The lowest BCUT2D eigenvalue weighted by molar-refractivity contribution is 0.301. The van der Waals surface area contributed by atoms with Crippen molar-refractivity contribution in [2.45, 2.75) is 18.9 Å². The smallest absolute Gasteiger partial charge is 0.0779 e. The molecule has 5 heteroatoms. The lowest BCUT2D eigenvalue weighted by Gasteiger charge is -2.26. The van der Waals surface area contributed by atoms with E-state index in [2.05, 4.69) is 25.8 Å². The number of aliphatic hydroxyl groups is 1. The van der Waals surface area contributed by atoms with Crippen molar-refractivity contribution in [2.75, 3.05) is 23.8 Å². The molecule has 0 aromatic carbocycles. The van der Waals surface area contributed by atoms with E-state index >= 15 is 0 Å². The minimum absolute atomic E-state index is 0.144. The zero-order valence-electron chi connectivity index (χ0n) is 8.36. The molecule has 1 heterocycles. The SMILES string of the molecule is Nc1cncc(Br)c1N(CCO)C1CC1. The first-order valence-corrected chi connectivity index (χ1v) is 5.80. The highest BCUT2D eigenvalue weighted by Crippen LogP contribution is 2.38. The van der Waals surface area contributed by atoms with Gasteiger partial charge in [0.25, 0.3) is 0 Å². The molecule has 1 fully saturated rings. The number of pyridine rings is 1. The fourth-order valence-electron chi connectivity index (χ4n) is 1.72. The lowest BCUT2D eigenvalue weighted by Crippen LogP contribution is -2.30. The zero-order valence-corrected chi connectivity index (χ0v) is 9.94. The van der Waals surface area contributed by atoms with E-state index in [0.29, 0.717) is 18.3 Å². The third-order valence-electron chi connectivity index (χ3n) is 2.52. The molecule has 4 nitrogen and oxygen atoms in total. The minimum Gasteiger partial charge on any atom is -0.396 e. The van der Waals surface area contributed by atoms with Crippen molar-refractivity contribution in [1.82, 2.24) is 4.98 Å². The van der Waals surface area contributed by atoms with Crippen molar-refractivity contribution < 1.29 is 5.11 Å². The molecule has 15 heavy (non-hydrogen) atoms. The van der Waals surface area contributed by atoms with Crippen LogP contribution in [0.25, 0.3) is 0 Å². The molecule has 82 valence electrons. The molecule has 0 radical (unpaired) electrons. The number of halogens is 1. The third kappa shape index (κ3) is 2.23. The Labute approximate surface area is 97.2 Å². The predicted octanol–water partition coefficient (Wildman–Crippen LogP) is 1.39. The number of nitrogens with two attached hydrogens (primary N) is 1. The second kappa shape index (κ2) is 4.37. The zero-order chi connectivity index (χ0) is 10.8. The molecule has 0 amide bonds. The summed E-state index contributed by atoms with van der Waals surface area (Å²) < 4.78 is 0.892. The Kier molecular flexibility index (Phi) is 3.11. The van der Waals surface area contributed by atoms with E-state index in [9.17, 15) is 0 Å². The second-order valence-corrected chi connectivity index (χ2v) is 4.56. The van der Waals surface area contributed by atoms with Crippen molar-refractivity contribution in [1.29, 1.82) is 0 Å². The summed E-state index contributed by atoms with van der Waals surface area (Å²) in [4.78, 5) is 6.16. The summed E-state index contributed by atoms with van der Waals surface area (Å²) in [5.41, 5.74) is 7.52. The van der Waals surface area contributed by atoms with E-state index in [1.807, 2.05) is 0 Å². The molecular formula is C10H14BrN3O. The first-order valence-electron chi connectivity index (χ1n) is 5.00. The Balaban J connectivity index is 2.31. The summed E-state index contributed by atoms with van der Waals surface area (Å²) in [6, 6.07) is 0.526. The van der Waals surface area contributed by atoms with Gasteiger partial charge in [0.2, 0.25) is 0 Å². The van der Waals surface area contributed by atoms with Gasteiger partial charge < -0.3 is 15.7 Å².